The summed E-state index contributed by atoms with van der Waals surface area (Å²) in [5.74, 6) is -0.237. The normalized spacial score (nSPS) is 11.8. The molecule has 1 aromatic heterocycles. The molecule has 2 rings (SSSR count). The van der Waals surface area contributed by atoms with Crippen LogP contribution in [0.2, 0.25) is 0 Å². The molecule has 0 aliphatic heterocycles. The Bertz CT molecular complexity index is 529. The number of aromatic nitrogens is 1. The molecule has 20 heavy (non-hydrogen) atoms. The standard InChI is InChI=1S/C16H18N2O2/c1-20-16(19)10-15(14-8-5-9-17-12-14)18-11-13-6-3-2-4-7-13/h2-9,12,15,18H,10-11H2,1H3/t15-/m0/s1. The first kappa shape index (κ1) is 14.2. The number of carbonyl (C=O) groups excluding carboxylic acids is 1. The van der Waals surface area contributed by atoms with Gasteiger partial charge in [0, 0.05) is 25.0 Å². The van der Waals surface area contributed by atoms with E-state index in [1.165, 1.54) is 12.7 Å². The summed E-state index contributed by atoms with van der Waals surface area (Å²) in [6.07, 6.45) is 3.77. The minimum atomic E-state index is -0.237. The second-order valence-corrected chi connectivity index (χ2v) is 4.49. The number of pyridine rings is 1. The van der Waals surface area contributed by atoms with Crippen molar-refractivity contribution in [3.63, 3.8) is 0 Å². The lowest BCUT2D eigenvalue weighted by atomic mass is 10.1. The van der Waals surface area contributed by atoms with Gasteiger partial charge >= 0.3 is 5.97 Å². The molecule has 0 aliphatic carbocycles. The van der Waals surface area contributed by atoms with Gasteiger partial charge in [-0.2, -0.15) is 0 Å². The van der Waals surface area contributed by atoms with Crippen LogP contribution in [0.15, 0.2) is 54.9 Å². The average molecular weight is 270 g/mol. The molecule has 4 nitrogen and oxygen atoms in total. The summed E-state index contributed by atoms with van der Waals surface area (Å²) in [4.78, 5) is 15.6. The highest BCUT2D eigenvalue weighted by molar-refractivity contribution is 5.70. The topological polar surface area (TPSA) is 51.2 Å². The van der Waals surface area contributed by atoms with Crippen LogP contribution in [-0.4, -0.2) is 18.1 Å². The van der Waals surface area contributed by atoms with E-state index < -0.39 is 0 Å². The summed E-state index contributed by atoms with van der Waals surface area (Å²) in [5.41, 5.74) is 2.15. The monoisotopic (exact) mass is 270 g/mol. The van der Waals surface area contributed by atoms with Crippen molar-refractivity contribution in [2.24, 2.45) is 0 Å². The van der Waals surface area contributed by atoms with E-state index in [2.05, 4.69) is 10.3 Å². The van der Waals surface area contributed by atoms with Gasteiger partial charge in [-0.3, -0.25) is 9.78 Å². The van der Waals surface area contributed by atoms with Crippen molar-refractivity contribution in [1.82, 2.24) is 10.3 Å². The van der Waals surface area contributed by atoms with Crippen LogP contribution < -0.4 is 5.32 Å². The minimum Gasteiger partial charge on any atom is -0.469 e. The third-order valence-electron chi connectivity index (χ3n) is 3.08. The van der Waals surface area contributed by atoms with Crippen molar-refractivity contribution < 1.29 is 9.53 Å². The van der Waals surface area contributed by atoms with Gasteiger partial charge in [0.1, 0.15) is 0 Å². The molecule has 0 spiro atoms. The Hall–Kier alpha value is -2.20. The van der Waals surface area contributed by atoms with Crippen molar-refractivity contribution in [3.8, 4) is 0 Å². The highest BCUT2D eigenvalue weighted by Gasteiger charge is 2.16. The number of nitrogens with one attached hydrogen (secondary N) is 1. The van der Waals surface area contributed by atoms with Crippen LogP contribution in [0.25, 0.3) is 0 Å². The van der Waals surface area contributed by atoms with Gasteiger partial charge in [-0.25, -0.2) is 0 Å². The smallest absolute Gasteiger partial charge is 0.307 e. The summed E-state index contributed by atoms with van der Waals surface area (Å²) >= 11 is 0. The van der Waals surface area contributed by atoms with Gasteiger partial charge in [0.25, 0.3) is 0 Å². The number of nitrogens with zero attached hydrogens (tertiary/aromatic N) is 1. The van der Waals surface area contributed by atoms with Crippen LogP contribution in [-0.2, 0) is 16.1 Å². The summed E-state index contributed by atoms with van der Waals surface area (Å²) in [6.45, 7) is 0.692. The quantitative estimate of drug-likeness (QED) is 0.819. The number of ether oxygens (including phenoxy) is 1. The lowest BCUT2D eigenvalue weighted by Gasteiger charge is -2.17. The highest BCUT2D eigenvalue weighted by atomic mass is 16.5. The molecule has 1 heterocycles. The molecule has 0 aliphatic rings. The van der Waals surface area contributed by atoms with Crippen LogP contribution in [0.4, 0.5) is 0 Å². The Morgan fingerprint density at radius 2 is 2.05 bits per heavy atom. The largest absolute Gasteiger partial charge is 0.469 e. The van der Waals surface area contributed by atoms with E-state index in [1.54, 1.807) is 12.4 Å². The SMILES string of the molecule is COC(=O)C[C@H](NCc1ccccc1)c1cccnc1. The van der Waals surface area contributed by atoms with Crippen molar-refractivity contribution in [2.75, 3.05) is 7.11 Å². The lowest BCUT2D eigenvalue weighted by molar-refractivity contribution is -0.141. The zero-order valence-corrected chi connectivity index (χ0v) is 11.5. The first-order valence-corrected chi connectivity index (χ1v) is 6.53. The Morgan fingerprint density at radius 3 is 2.70 bits per heavy atom. The Labute approximate surface area is 118 Å². The van der Waals surface area contributed by atoms with Gasteiger partial charge in [-0.15, -0.1) is 0 Å². The highest BCUT2D eigenvalue weighted by Crippen LogP contribution is 2.17. The lowest BCUT2D eigenvalue weighted by Crippen LogP contribution is -2.24. The maximum Gasteiger partial charge on any atom is 0.307 e. The number of benzene rings is 1. The van der Waals surface area contributed by atoms with E-state index in [-0.39, 0.29) is 18.4 Å². The number of esters is 1. The zero-order valence-electron chi connectivity index (χ0n) is 11.5. The maximum atomic E-state index is 11.5. The van der Waals surface area contributed by atoms with Crippen molar-refractivity contribution >= 4 is 5.97 Å². The number of methoxy groups -OCH3 is 1. The van der Waals surface area contributed by atoms with Gasteiger partial charge in [0.15, 0.2) is 0 Å². The fourth-order valence-corrected chi connectivity index (χ4v) is 1.98. The maximum absolute atomic E-state index is 11.5. The number of hydrogen-bond donors (Lipinski definition) is 1. The summed E-state index contributed by atoms with van der Waals surface area (Å²) in [7, 11) is 1.40. The molecule has 1 aromatic carbocycles. The molecule has 0 radical (unpaired) electrons. The van der Waals surface area contributed by atoms with Crippen molar-refractivity contribution in [1.29, 1.82) is 0 Å². The van der Waals surface area contributed by atoms with Gasteiger partial charge < -0.3 is 10.1 Å². The minimum absolute atomic E-state index is 0.101. The Kier molecular flexibility index (Phi) is 5.26. The fourth-order valence-electron chi connectivity index (χ4n) is 1.98. The molecule has 2 aromatic rings. The van der Waals surface area contributed by atoms with Crippen molar-refractivity contribution in [3.05, 3.63) is 66.0 Å². The van der Waals surface area contributed by atoms with Crippen LogP contribution in [0, 0.1) is 0 Å². The van der Waals surface area contributed by atoms with E-state index in [1.807, 2.05) is 42.5 Å². The predicted molar refractivity (Wildman–Crippen MR) is 76.9 cm³/mol. The van der Waals surface area contributed by atoms with Gasteiger partial charge in [-0.05, 0) is 17.2 Å². The molecule has 4 heteroatoms. The third-order valence-corrected chi connectivity index (χ3v) is 3.08. The van der Waals surface area contributed by atoms with Gasteiger partial charge in [0.05, 0.1) is 13.5 Å². The van der Waals surface area contributed by atoms with E-state index in [0.29, 0.717) is 6.54 Å². The number of hydrogen-bond acceptors (Lipinski definition) is 4. The predicted octanol–water partition coefficient (Wildman–Crippen LogP) is 2.48. The molecule has 1 N–H and O–H groups in total. The summed E-state index contributed by atoms with van der Waals surface area (Å²) in [6, 6.07) is 13.8. The van der Waals surface area contributed by atoms with Crippen LogP contribution in [0.5, 0.6) is 0 Å². The molecule has 0 bridgehead atoms. The first-order chi connectivity index (χ1) is 9.79. The molecule has 0 fully saturated rings. The number of carbonyl (C=O) groups is 1. The average Bonchev–Trinajstić information content (AvgIpc) is 2.53. The van der Waals surface area contributed by atoms with Crippen LogP contribution in [0.1, 0.15) is 23.6 Å². The van der Waals surface area contributed by atoms with E-state index in [9.17, 15) is 4.79 Å². The molecular formula is C16H18N2O2. The molecule has 0 amide bonds. The van der Waals surface area contributed by atoms with Crippen LogP contribution >= 0.6 is 0 Å². The van der Waals surface area contributed by atoms with Crippen LogP contribution in [0.3, 0.4) is 0 Å². The second-order valence-electron chi connectivity index (χ2n) is 4.49. The Morgan fingerprint density at radius 1 is 1.25 bits per heavy atom. The summed E-state index contributed by atoms with van der Waals surface area (Å²) < 4.78 is 4.75. The first-order valence-electron chi connectivity index (χ1n) is 6.53. The van der Waals surface area contributed by atoms with E-state index in [4.69, 9.17) is 4.74 Å². The third kappa shape index (κ3) is 4.17. The molecule has 1 atom stereocenters. The van der Waals surface area contributed by atoms with Gasteiger partial charge in [0.2, 0.25) is 0 Å². The fraction of sp³-hybridized carbons (Fsp3) is 0.250. The number of rotatable bonds is 6. The summed E-state index contributed by atoms with van der Waals surface area (Å²) in [5, 5.41) is 3.38. The molecule has 0 saturated heterocycles. The van der Waals surface area contributed by atoms with Crippen molar-refractivity contribution in [2.45, 2.75) is 19.0 Å². The van der Waals surface area contributed by atoms with E-state index >= 15 is 0 Å². The Balaban J connectivity index is 2.05. The van der Waals surface area contributed by atoms with E-state index in [0.717, 1.165) is 5.56 Å². The molecule has 0 unspecified atom stereocenters. The zero-order chi connectivity index (χ0) is 14.2. The molecular weight excluding hydrogens is 252 g/mol. The molecule has 104 valence electrons. The second kappa shape index (κ2) is 7.40. The van der Waals surface area contributed by atoms with Gasteiger partial charge in [-0.1, -0.05) is 36.4 Å². The molecule has 0 saturated carbocycles.